The maximum atomic E-state index is 13.7. The Labute approximate surface area is 225 Å². The summed E-state index contributed by atoms with van der Waals surface area (Å²) in [7, 11) is -4.09. The molecule has 36 heavy (non-hydrogen) atoms. The SMILES string of the molecule is CCNC(=O)[C@H](C)N(Cc1ccc(Br)cc1)C(=O)CN(c1ccc(Cl)cc1)S(=O)(=O)c1ccccc1. The van der Waals surface area contributed by atoms with E-state index in [1.54, 1.807) is 56.3 Å². The van der Waals surface area contributed by atoms with Crippen LogP contribution >= 0.6 is 27.5 Å². The molecule has 0 aliphatic heterocycles. The van der Waals surface area contributed by atoms with E-state index in [0.29, 0.717) is 11.6 Å². The van der Waals surface area contributed by atoms with Gasteiger partial charge in [-0.15, -0.1) is 0 Å². The van der Waals surface area contributed by atoms with E-state index in [0.717, 1.165) is 14.3 Å². The van der Waals surface area contributed by atoms with Crippen molar-refractivity contribution >= 4 is 55.1 Å². The zero-order valence-electron chi connectivity index (χ0n) is 19.9. The fraction of sp³-hybridized carbons (Fsp3) is 0.231. The second-order valence-corrected chi connectivity index (χ2v) is 11.2. The van der Waals surface area contributed by atoms with Gasteiger partial charge in [-0.25, -0.2) is 8.42 Å². The molecule has 0 radical (unpaired) electrons. The second kappa shape index (κ2) is 12.4. The first-order valence-corrected chi connectivity index (χ1v) is 13.9. The Kier molecular flexibility index (Phi) is 9.53. The fourth-order valence-corrected chi connectivity index (χ4v) is 5.37. The Hall–Kier alpha value is -2.88. The average molecular weight is 593 g/mol. The molecule has 0 spiro atoms. The van der Waals surface area contributed by atoms with Crippen molar-refractivity contribution in [2.45, 2.75) is 31.3 Å². The Morgan fingerprint density at radius 2 is 1.58 bits per heavy atom. The third-order valence-electron chi connectivity index (χ3n) is 5.51. The zero-order chi connectivity index (χ0) is 26.3. The van der Waals surface area contributed by atoms with E-state index in [4.69, 9.17) is 11.6 Å². The molecule has 3 aromatic carbocycles. The highest BCUT2D eigenvalue weighted by molar-refractivity contribution is 9.10. The van der Waals surface area contributed by atoms with Crippen LogP contribution < -0.4 is 9.62 Å². The van der Waals surface area contributed by atoms with E-state index in [1.165, 1.54) is 17.0 Å². The van der Waals surface area contributed by atoms with Crippen LogP contribution in [0.3, 0.4) is 0 Å². The van der Waals surface area contributed by atoms with Gasteiger partial charge in [0.1, 0.15) is 12.6 Å². The molecule has 0 unspecified atom stereocenters. The predicted molar refractivity (Wildman–Crippen MR) is 145 cm³/mol. The van der Waals surface area contributed by atoms with Crippen molar-refractivity contribution in [1.29, 1.82) is 0 Å². The topological polar surface area (TPSA) is 86.8 Å². The van der Waals surface area contributed by atoms with Gasteiger partial charge in [-0.1, -0.05) is 57.9 Å². The molecule has 0 fully saturated rings. The molecule has 3 aromatic rings. The summed E-state index contributed by atoms with van der Waals surface area (Å²) in [6, 6.07) is 20.6. The summed E-state index contributed by atoms with van der Waals surface area (Å²) in [5.41, 5.74) is 1.08. The lowest BCUT2D eigenvalue weighted by molar-refractivity contribution is -0.139. The molecule has 0 heterocycles. The summed E-state index contributed by atoms with van der Waals surface area (Å²) in [5, 5.41) is 3.17. The number of halogens is 2. The molecule has 0 bridgehead atoms. The van der Waals surface area contributed by atoms with E-state index < -0.39 is 28.5 Å². The molecular formula is C26H27BrClN3O4S. The minimum atomic E-state index is -4.09. The van der Waals surface area contributed by atoms with Gasteiger partial charge in [-0.3, -0.25) is 13.9 Å². The molecule has 0 aromatic heterocycles. The number of carbonyl (C=O) groups excluding carboxylic acids is 2. The van der Waals surface area contributed by atoms with Crippen LogP contribution in [0.15, 0.2) is 88.2 Å². The molecule has 1 N–H and O–H groups in total. The van der Waals surface area contributed by atoms with Crippen molar-refractivity contribution in [3.8, 4) is 0 Å². The number of nitrogens with one attached hydrogen (secondary N) is 1. The lowest BCUT2D eigenvalue weighted by Gasteiger charge is -2.32. The lowest BCUT2D eigenvalue weighted by Crippen LogP contribution is -2.51. The quantitative estimate of drug-likeness (QED) is 0.365. The van der Waals surface area contributed by atoms with Gasteiger partial charge >= 0.3 is 0 Å². The normalized spacial score (nSPS) is 12.0. The Morgan fingerprint density at radius 3 is 2.17 bits per heavy atom. The van der Waals surface area contributed by atoms with Gasteiger partial charge < -0.3 is 10.2 Å². The summed E-state index contributed by atoms with van der Waals surface area (Å²) in [6.45, 7) is 3.45. The van der Waals surface area contributed by atoms with Crippen LogP contribution in [0.4, 0.5) is 5.69 Å². The Morgan fingerprint density at radius 1 is 0.972 bits per heavy atom. The number of likely N-dealkylation sites (N-methyl/N-ethyl adjacent to an activating group) is 1. The minimum Gasteiger partial charge on any atom is -0.355 e. The number of anilines is 1. The van der Waals surface area contributed by atoms with Crippen LogP contribution in [0, 0.1) is 0 Å². The van der Waals surface area contributed by atoms with Crippen LogP contribution in [0.2, 0.25) is 5.02 Å². The van der Waals surface area contributed by atoms with Crippen molar-refractivity contribution in [3.63, 3.8) is 0 Å². The molecule has 0 saturated heterocycles. The Bertz CT molecular complexity index is 1290. The largest absolute Gasteiger partial charge is 0.355 e. The molecule has 0 aliphatic rings. The minimum absolute atomic E-state index is 0.0454. The lowest BCUT2D eigenvalue weighted by atomic mass is 10.1. The number of amides is 2. The first-order valence-electron chi connectivity index (χ1n) is 11.3. The van der Waals surface area contributed by atoms with Crippen molar-refractivity contribution in [2.24, 2.45) is 0 Å². The molecule has 0 saturated carbocycles. The van der Waals surface area contributed by atoms with Crippen molar-refractivity contribution in [2.75, 3.05) is 17.4 Å². The van der Waals surface area contributed by atoms with Gasteiger partial charge in [0.05, 0.1) is 10.6 Å². The summed E-state index contributed by atoms with van der Waals surface area (Å²) in [4.78, 5) is 27.8. The fourth-order valence-electron chi connectivity index (χ4n) is 3.55. The maximum Gasteiger partial charge on any atom is 0.264 e. The van der Waals surface area contributed by atoms with Crippen molar-refractivity contribution < 1.29 is 18.0 Å². The maximum absolute atomic E-state index is 13.7. The van der Waals surface area contributed by atoms with E-state index in [-0.39, 0.29) is 23.0 Å². The molecule has 7 nitrogen and oxygen atoms in total. The third-order valence-corrected chi connectivity index (χ3v) is 8.08. The average Bonchev–Trinajstić information content (AvgIpc) is 2.87. The van der Waals surface area contributed by atoms with Gasteiger partial charge in [-0.2, -0.15) is 0 Å². The molecule has 10 heteroatoms. The molecular weight excluding hydrogens is 566 g/mol. The first kappa shape index (κ1) is 27.7. The number of sulfonamides is 1. The molecule has 1 atom stereocenters. The monoisotopic (exact) mass is 591 g/mol. The summed E-state index contributed by atoms with van der Waals surface area (Å²) in [5.74, 6) is -0.849. The second-order valence-electron chi connectivity index (χ2n) is 8.02. The van der Waals surface area contributed by atoms with Gasteiger partial charge in [-0.05, 0) is 67.9 Å². The smallest absolute Gasteiger partial charge is 0.264 e. The predicted octanol–water partition coefficient (Wildman–Crippen LogP) is 4.85. The number of benzene rings is 3. The van der Waals surface area contributed by atoms with Gasteiger partial charge in [0.25, 0.3) is 10.0 Å². The summed E-state index contributed by atoms with van der Waals surface area (Å²) >= 11 is 9.41. The summed E-state index contributed by atoms with van der Waals surface area (Å²) < 4.78 is 29.2. The zero-order valence-corrected chi connectivity index (χ0v) is 23.1. The molecule has 0 aliphatic carbocycles. The van der Waals surface area contributed by atoms with Crippen LogP contribution in [0.1, 0.15) is 19.4 Å². The van der Waals surface area contributed by atoms with Gasteiger partial charge in [0.15, 0.2) is 0 Å². The standard InChI is InChI=1S/C26H27BrClN3O4S/c1-3-29-26(33)19(2)30(17-20-9-11-21(27)12-10-20)25(32)18-31(23-15-13-22(28)14-16-23)36(34,35)24-7-5-4-6-8-24/h4-16,19H,3,17-18H2,1-2H3,(H,29,33)/t19-/m0/s1. The van der Waals surface area contributed by atoms with Crippen LogP contribution in [0.5, 0.6) is 0 Å². The highest BCUT2D eigenvalue weighted by Crippen LogP contribution is 2.26. The van der Waals surface area contributed by atoms with Crippen LogP contribution in [0.25, 0.3) is 0 Å². The number of carbonyl (C=O) groups is 2. The van der Waals surface area contributed by atoms with Crippen LogP contribution in [-0.4, -0.2) is 44.3 Å². The first-order chi connectivity index (χ1) is 17.1. The van der Waals surface area contributed by atoms with Crippen molar-refractivity contribution in [3.05, 3.63) is 93.9 Å². The van der Waals surface area contributed by atoms with Gasteiger partial charge in [0, 0.05) is 22.6 Å². The van der Waals surface area contributed by atoms with E-state index in [2.05, 4.69) is 21.2 Å². The molecule has 3 rings (SSSR count). The molecule has 2 amide bonds. The number of rotatable bonds is 10. The van der Waals surface area contributed by atoms with Crippen molar-refractivity contribution in [1.82, 2.24) is 10.2 Å². The van der Waals surface area contributed by atoms with Crippen LogP contribution in [-0.2, 0) is 26.2 Å². The number of hydrogen-bond acceptors (Lipinski definition) is 4. The van der Waals surface area contributed by atoms with E-state index >= 15 is 0 Å². The summed E-state index contributed by atoms with van der Waals surface area (Å²) in [6.07, 6.45) is 0. The van der Waals surface area contributed by atoms with E-state index in [9.17, 15) is 18.0 Å². The molecule has 190 valence electrons. The van der Waals surface area contributed by atoms with Gasteiger partial charge in [0.2, 0.25) is 11.8 Å². The highest BCUT2D eigenvalue weighted by Gasteiger charge is 2.32. The highest BCUT2D eigenvalue weighted by atomic mass is 79.9. The number of nitrogens with zero attached hydrogens (tertiary/aromatic N) is 2. The Balaban J connectivity index is 2.00. The number of hydrogen-bond donors (Lipinski definition) is 1. The van der Waals surface area contributed by atoms with E-state index in [1.807, 2.05) is 24.3 Å². The third kappa shape index (κ3) is 6.87.